The molecule has 0 atom stereocenters. The summed E-state index contributed by atoms with van der Waals surface area (Å²) in [6.07, 6.45) is 0. The summed E-state index contributed by atoms with van der Waals surface area (Å²) < 4.78 is 10.2. The second-order valence-electron chi connectivity index (χ2n) is 5.88. The van der Waals surface area contributed by atoms with E-state index in [0.29, 0.717) is 11.3 Å². The lowest BCUT2D eigenvalue weighted by atomic mass is 10.1. The van der Waals surface area contributed by atoms with E-state index in [4.69, 9.17) is 9.47 Å². The molecule has 2 aromatic rings. The van der Waals surface area contributed by atoms with E-state index in [2.05, 4.69) is 0 Å². The Labute approximate surface area is 157 Å². The zero-order valence-electron chi connectivity index (χ0n) is 15.1. The van der Waals surface area contributed by atoms with E-state index in [1.54, 1.807) is 38.3 Å². The Morgan fingerprint density at radius 3 is 2.26 bits per heavy atom. The monoisotopic (exact) mass is 365 g/mol. The summed E-state index contributed by atoms with van der Waals surface area (Å²) >= 11 is 0. The van der Waals surface area contributed by atoms with E-state index in [1.165, 1.54) is 4.90 Å². The highest BCUT2D eigenvalue weighted by atomic mass is 16.5. The Balaban J connectivity index is 2.10. The first-order valence-corrected chi connectivity index (χ1v) is 8.52. The Bertz CT molecular complexity index is 900. The van der Waals surface area contributed by atoms with E-state index in [-0.39, 0.29) is 24.4 Å². The minimum absolute atomic E-state index is 0.110. The van der Waals surface area contributed by atoms with Crippen LogP contribution in [0.5, 0.6) is 5.75 Å². The number of nitrogens with zero attached hydrogens (tertiary/aromatic N) is 1. The SMILES string of the molecule is CCOC(=O)C1=C(c2ccc(OC)cc2)N(Cc2ccccc2)C(=O)C1=O. The Morgan fingerprint density at radius 2 is 1.67 bits per heavy atom. The highest BCUT2D eigenvalue weighted by Crippen LogP contribution is 2.33. The number of rotatable bonds is 6. The predicted molar refractivity (Wildman–Crippen MR) is 98.5 cm³/mol. The van der Waals surface area contributed by atoms with Crippen LogP contribution in [0.4, 0.5) is 0 Å². The topological polar surface area (TPSA) is 72.9 Å². The molecule has 2 aromatic carbocycles. The summed E-state index contributed by atoms with van der Waals surface area (Å²) in [5.74, 6) is -1.76. The summed E-state index contributed by atoms with van der Waals surface area (Å²) in [7, 11) is 1.54. The molecule has 0 bridgehead atoms. The first kappa shape index (κ1) is 18.4. The molecule has 0 N–H and O–H groups in total. The smallest absolute Gasteiger partial charge is 0.344 e. The lowest BCUT2D eigenvalue weighted by Crippen LogP contribution is -2.28. The molecule has 6 nitrogen and oxygen atoms in total. The summed E-state index contributed by atoms with van der Waals surface area (Å²) in [5.41, 5.74) is 1.43. The van der Waals surface area contributed by atoms with Crippen LogP contribution in [-0.2, 0) is 25.7 Å². The molecule has 1 heterocycles. The number of esters is 1. The molecule has 0 radical (unpaired) electrons. The average molecular weight is 365 g/mol. The number of ether oxygens (including phenoxy) is 2. The molecule has 0 aliphatic carbocycles. The zero-order chi connectivity index (χ0) is 19.4. The molecule has 0 saturated heterocycles. The largest absolute Gasteiger partial charge is 0.497 e. The van der Waals surface area contributed by atoms with Crippen molar-refractivity contribution in [3.8, 4) is 5.75 Å². The van der Waals surface area contributed by atoms with Gasteiger partial charge in [0.05, 0.1) is 26.0 Å². The Hall–Kier alpha value is -3.41. The van der Waals surface area contributed by atoms with Crippen molar-refractivity contribution in [2.24, 2.45) is 0 Å². The van der Waals surface area contributed by atoms with Crippen molar-refractivity contribution in [1.29, 1.82) is 0 Å². The van der Waals surface area contributed by atoms with Crippen LogP contribution in [0.25, 0.3) is 5.70 Å². The van der Waals surface area contributed by atoms with Crippen molar-refractivity contribution in [1.82, 2.24) is 4.90 Å². The molecule has 138 valence electrons. The normalized spacial score (nSPS) is 13.9. The van der Waals surface area contributed by atoms with Gasteiger partial charge in [0.15, 0.2) is 0 Å². The van der Waals surface area contributed by atoms with Crippen LogP contribution in [0.3, 0.4) is 0 Å². The maximum Gasteiger partial charge on any atom is 0.344 e. The van der Waals surface area contributed by atoms with Gasteiger partial charge in [0.1, 0.15) is 11.3 Å². The van der Waals surface area contributed by atoms with E-state index < -0.39 is 17.7 Å². The number of Topliss-reactive ketones (excluding diaryl/α,β-unsaturated/α-hetero) is 1. The van der Waals surface area contributed by atoms with Gasteiger partial charge >= 0.3 is 5.97 Å². The molecular formula is C21H19NO5. The van der Waals surface area contributed by atoms with Gasteiger partial charge in [-0.3, -0.25) is 14.5 Å². The van der Waals surface area contributed by atoms with E-state index in [0.717, 1.165) is 5.56 Å². The van der Waals surface area contributed by atoms with Gasteiger partial charge < -0.3 is 9.47 Å². The number of benzene rings is 2. The second-order valence-corrected chi connectivity index (χ2v) is 5.88. The Kier molecular flexibility index (Phi) is 5.35. The number of carbonyl (C=O) groups is 3. The van der Waals surface area contributed by atoms with Crippen LogP contribution in [0.15, 0.2) is 60.2 Å². The average Bonchev–Trinajstić information content (AvgIpc) is 2.94. The minimum Gasteiger partial charge on any atom is -0.497 e. The van der Waals surface area contributed by atoms with Crippen molar-refractivity contribution in [3.05, 3.63) is 71.3 Å². The Morgan fingerprint density at radius 1 is 1.00 bits per heavy atom. The lowest BCUT2D eigenvalue weighted by molar-refractivity contribution is -0.143. The van der Waals surface area contributed by atoms with Crippen molar-refractivity contribution < 1.29 is 23.9 Å². The number of ketones is 1. The van der Waals surface area contributed by atoms with Crippen LogP contribution in [0.1, 0.15) is 18.1 Å². The first-order chi connectivity index (χ1) is 13.1. The van der Waals surface area contributed by atoms with E-state index in [1.807, 2.05) is 30.3 Å². The van der Waals surface area contributed by atoms with Crippen LogP contribution in [0, 0.1) is 0 Å². The molecule has 0 saturated carbocycles. The van der Waals surface area contributed by atoms with Crippen molar-refractivity contribution in [2.75, 3.05) is 13.7 Å². The maximum atomic E-state index is 12.6. The third-order valence-corrected chi connectivity index (χ3v) is 4.20. The first-order valence-electron chi connectivity index (χ1n) is 8.52. The summed E-state index contributed by atoms with van der Waals surface area (Å²) in [6.45, 7) is 1.93. The predicted octanol–water partition coefficient (Wildman–Crippen LogP) is 2.58. The standard InChI is InChI=1S/C21H19NO5/c1-3-27-21(25)17-18(15-9-11-16(26-2)12-10-15)22(20(24)19(17)23)13-14-7-5-4-6-8-14/h4-12H,3,13H2,1-2H3. The zero-order valence-corrected chi connectivity index (χ0v) is 15.1. The van der Waals surface area contributed by atoms with Gasteiger partial charge in [-0.1, -0.05) is 30.3 Å². The fourth-order valence-corrected chi connectivity index (χ4v) is 2.93. The van der Waals surface area contributed by atoms with Gasteiger partial charge in [-0.05, 0) is 42.3 Å². The fourth-order valence-electron chi connectivity index (χ4n) is 2.93. The number of hydrogen-bond acceptors (Lipinski definition) is 5. The molecule has 0 fully saturated rings. The maximum absolute atomic E-state index is 12.6. The molecule has 1 aliphatic heterocycles. The molecule has 3 rings (SSSR count). The minimum atomic E-state index is -0.852. The summed E-state index contributed by atoms with van der Waals surface area (Å²) in [6, 6.07) is 16.1. The molecule has 1 amide bonds. The van der Waals surface area contributed by atoms with Crippen LogP contribution in [0.2, 0.25) is 0 Å². The van der Waals surface area contributed by atoms with E-state index >= 15 is 0 Å². The highest BCUT2D eigenvalue weighted by Gasteiger charge is 2.43. The molecule has 1 aliphatic rings. The van der Waals surface area contributed by atoms with Crippen molar-refractivity contribution in [2.45, 2.75) is 13.5 Å². The molecule has 0 spiro atoms. The molecule has 6 heteroatoms. The van der Waals surface area contributed by atoms with Gasteiger partial charge in [-0.2, -0.15) is 0 Å². The molecule has 27 heavy (non-hydrogen) atoms. The van der Waals surface area contributed by atoms with Crippen LogP contribution < -0.4 is 4.74 Å². The third kappa shape index (κ3) is 3.60. The van der Waals surface area contributed by atoms with Crippen molar-refractivity contribution >= 4 is 23.4 Å². The second kappa shape index (κ2) is 7.86. The summed E-state index contributed by atoms with van der Waals surface area (Å²) in [5, 5.41) is 0. The number of methoxy groups -OCH3 is 1. The van der Waals surface area contributed by atoms with Gasteiger partial charge in [-0.15, -0.1) is 0 Å². The van der Waals surface area contributed by atoms with Gasteiger partial charge in [0.25, 0.3) is 11.7 Å². The van der Waals surface area contributed by atoms with Crippen LogP contribution in [-0.4, -0.2) is 36.3 Å². The van der Waals surface area contributed by atoms with Crippen LogP contribution >= 0.6 is 0 Å². The third-order valence-electron chi connectivity index (χ3n) is 4.20. The van der Waals surface area contributed by atoms with Gasteiger partial charge in [0.2, 0.25) is 0 Å². The number of hydrogen-bond donors (Lipinski definition) is 0. The van der Waals surface area contributed by atoms with Gasteiger partial charge in [-0.25, -0.2) is 4.79 Å². The molecule has 0 unspecified atom stereocenters. The number of amides is 1. The van der Waals surface area contributed by atoms with E-state index in [9.17, 15) is 14.4 Å². The summed E-state index contributed by atoms with van der Waals surface area (Å²) in [4.78, 5) is 38.9. The molecular weight excluding hydrogens is 346 g/mol. The quantitative estimate of drug-likeness (QED) is 0.447. The highest BCUT2D eigenvalue weighted by molar-refractivity contribution is 6.54. The molecule has 0 aromatic heterocycles. The van der Waals surface area contributed by atoms with Gasteiger partial charge in [0, 0.05) is 0 Å². The van der Waals surface area contributed by atoms with Crippen molar-refractivity contribution in [3.63, 3.8) is 0 Å². The fraction of sp³-hybridized carbons (Fsp3) is 0.190. The lowest BCUT2D eigenvalue weighted by Gasteiger charge is -2.20. The number of carbonyl (C=O) groups excluding carboxylic acids is 3.